The van der Waals surface area contributed by atoms with E-state index in [1.165, 1.54) is 24.3 Å². The van der Waals surface area contributed by atoms with Gasteiger partial charge < -0.3 is 47.2 Å². The van der Waals surface area contributed by atoms with Gasteiger partial charge in [0.2, 0.25) is 17.7 Å². The molecule has 16 nitrogen and oxygen atoms in total. The third kappa shape index (κ3) is 11.3. The average Bonchev–Trinajstić information content (AvgIpc) is 2.80. The van der Waals surface area contributed by atoms with Gasteiger partial charge in [0.15, 0.2) is 0 Å². The van der Waals surface area contributed by atoms with Crippen LogP contribution in [-0.2, 0) is 40.0 Å². The lowest BCUT2D eigenvalue weighted by Gasteiger charge is -2.24. The maximum absolute atomic E-state index is 12.9. The van der Waals surface area contributed by atoms with Crippen molar-refractivity contribution in [3.63, 3.8) is 0 Å². The average molecular weight is 540 g/mol. The number of nitrogens with one attached hydrogen (secondary N) is 3. The molecule has 1 aromatic rings. The third-order valence-electron chi connectivity index (χ3n) is 5.01. The van der Waals surface area contributed by atoms with Crippen molar-refractivity contribution in [2.24, 2.45) is 5.73 Å². The molecule has 0 fully saturated rings. The van der Waals surface area contributed by atoms with Crippen LogP contribution in [0.3, 0.4) is 0 Å². The molecule has 4 atom stereocenters. The molecule has 0 heterocycles. The van der Waals surface area contributed by atoms with Crippen molar-refractivity contribution >= 4 is 41.6 Å². The molecule has 0 radical (unpaired) electrons. The summed E-state index contributed by atoms with van der Waals surface area (Å²) in [5.41, 5.74) is 5.82. The molecule has 0 saturated carbocycles. The molecule has 1 rings (SSSR count). The fourth-order valence-corrected chi connectivity index (χ4v) is 3.09. The Kier molecular flexibility index (Phi) is 12.1. The van der Waals surface area contributed by atoms with Crippen LogP contribution < -0.4 is 21.7 Å². The summed E-state index contributed by atoms with van der Waals surface area (Å²) in [6.07, 6.45) is -3.13. The standard InChI is InChI=1S/C22H28N4O12/c23-12(8-17(30)31)19(34)25-15(9-18(32)33)21(36)26-14(7-10-1-3-11(27)4-2-10)20(35)24-13(22(37)38)5-6-16(28)29/h1-4,12-15,27H,5-9,23H2,(H,24,35)(H,25,34)(H,26,36)(H,28,29)(H,30,31)(H,32,33)(H,37,38). The largest absolute Gasteiger partial charge is 0.508 e. The number of phenols is 1. The number of aliphatic carboxylic acids is 4. The Morgan fingerprint density at radius 2 is 1.18 bits per heavy atom. The molecule has 0 bridgehead atoms. The molecule has 208 valence electrons. The molecule has 0 aromatic heterocycles. The van der Waals surface area contributed by atoms with Crippen molar-refractivity contribution in [1.82, 2.24) is 16.0 Å². The predicted molar refractivity (Wildman–Crippen MR) is 125 cm³/mol. The van der Waals surface area contributed by atoms with Crippen molar-refractivity contribution < 1.29 is 59.1 Å². The van der Waals surface area contributed by atoms with Crippen LogP contribution in [0.5, 0.6) is 5.75 Å². The molecule has 0 saturated heterocycles. The SMILES string of the molecule is NC(CC(=O)O)C(=O)NC(CC(=O)O)C(=O)NC(Cc1ccc(O)cc1)C(=O)NC(CCC(=O)O)C(=O)O. The minimum Gasteiger partial charge on any atom is -0.508 e. The maximum Gasteiger partial charge on any atom is 0.326 e. The normalized spacial score (nSPS) is 13.7. The Morgan fingerprint density at radius 3 is 1.68 bits per heavy atom. The first-order valence-electron chi connectivity index (χ1n) is 11.0. The molecule has 4 unspecified atom stereocenters. The molecule has 38 heavy (non-hydrogen) atoms. The number of amides is 3. The topological polar surface area (TPSA) is 283 Å². The predicted octanol–water partition coefficient (Wildman–Crippen LogP) is -2.38. The van der Waals surface area contributed by atoms with E-state index in [1.807, 2.05) is 5.32 Å². The van der Waals surface area contributed by atoms with Crippen molar-refractivity contribution in [3.05, 3.63) is 29.8 Å². The number of carboxylic acid groups (broad SMARTS) is 4. The lowest BCUT2D eigenvalue weighted by atomic mass is 10.0. The van der Waals surface area contributed by atoms with Gasteiger partial charge in [-0.3, -0.25) is 28.8 Å². The van der Waals surface area contributed by atoms with E-state index in [1.54, 1.807) is 0 Å². The van der Waals surface area contributed by atoms with Crippen LogP contribution in [-0.4, -0.2) is 91.3 Å². The number of phenolic OH excluding ortho intramolecular Hbond substituents is 1. The number of carbonyl (C=O) groups excluding carboxylic acids is 3. The van der Waals surface area contributed by atoms with Crippen molar-refractivity contribution in [2.75, 3.05) is 0 Å². The zero-order chi connectivity index (χ0) is 29.0. The molecular weight excluding hydrogens is 512 g/mol. The molecular formula is C22H28N4O12. The molecule has 10 N–H and O–H groups in total. The molecule has 0 aliphatic carbocycles. The molecule has 3 amide bonds. The number of carbonyl (C=O) groups is 7. The van der Waals surface area contributed by atoms with Crippen molar-refractivity contribution in [2.45, 2.75) is 56.3 Å². The molecule has 0 aliphatic heterocycles. The van der Waals surface area contributed by atoms with Crippen LogP contribution in [0.1, 0.15) is 31.2 Å². The smallest absolute Gasteiger partial charge is 0.326 e. The number of rotatable bonds is 16. The number of aromatic hydroxyl groups is 1. The first kappa shape index (κ1) is 31.3. The summed E-state index contributed by atoms with van der Waals surface area (Å²) in [5, 5.41) is 51.9. The summed E-state index contributed by atoms with van der Waals surface area (Å²) < 4.78 is 0. The second-order valence-corrected chi connectivity index (χ2v) is 8.13. The number of hydrogen-bond acceptors (Lipinski definition) is 9. The van der Waals surface area contributed by atoms with Crippen LogP contribution in [0.4, 0.5) is 0 Å². The quantitative estimate of drug-likeness (QED) is 0.106. The fraction of sp³-hybridized carbons (Fsp3) is 0.409. The van der Waals surface area contributed by atoms with Gasteiger partial charge in [-0.25, -0.2) is 4.79 Å². The van der Waals surface area contributed by atoms with Gasteiger partial charge in [0, 0.05) is 12.8 Å². The van der Waals surface area contributed by atoms with Crippen LogP contribution in [0, 0.1) is 0 Å². The van der Waals surface area contributed by atoms with E-state index >= 15 is 0 Å². The lowest BCUT2D eigenvalue weighted by Crippen LogP contribution is -2.58. The summed E-state index contributed by atoms with van der Waals surface area (Å²) >= 11 is 0. The molecule has 16 heteroatoms. The molecule has 0 spiro atoms. The minimum atomic E-state index is -1.79. The molecule has 1 aromatic carbocycles. The van der Waals surface area contributed by atoms with Crippen LogP contribution in [0.15, 0.2) is 24.3 Å². The van der Waals surface area contributed by atoms with E-state index in [0.717, 1.165) is 0 Å². The maximum atomic E-state index is 12.9. The second kappa shape index (κ2) is 14.7. The first-order chi connectivity index (χ1) is 17.7. The van der Waals surface area contributed by atoms with Gasteiger partial charge in [-0.2, -0.15) is 0 Å². The highest BCUT2D eigenvalue weighted by molar-refractivity contribution is 5.96. The van der Waals surface area contributed by atoms with Gasteiger partial charge in [0.1, 0.15) is 23.9 Å². The summed E-state index contributed by atoms with van der Waals surface area (Å²) in [5.74, 6) is -9.31. The van der Waals surface area contributed by atoms with E-state index in [2.05, 4.69) is 10.6 Å². The van der Waals surface area contributed by atoms with Crippen molar-refractivity contribution in [3.8, 4) is 5.75 Å². The number of carboxylic acids is 4. The van der Waals surface area contributed by atoms with E-state index < -0.39 is 91.4 Å². The Bertz CT molecular complexity index is 1060. The Hall–Kier alpha value is -4.73. The monoisotopic (exact) mass is 540 g/mol. The summed E-state index contributed by atoms with van der Waals surface area (Å²) in [6.45, 7) is 0. The Balaban J connectivity index is 3.18. The van der Waals surface area contributed by atoms with Gasteiger partial charge in [0.05, 0.1) is 18.9 Å². The number of nitrogens with two attached hydrogens (primary N) is 1. The van der Waals surface area contributed by atoms with Crippen LogP contribution in [0.2, 0.25) is 0 Å². The highest BCUT2D eigenvalue weighted by Gasteiger charge is 2.32. The van der Waals surface area contributed by atoms with E-state index in [4.69, 9.17) is 21.1 Å². The minimum absolute atomic E-state index is 0.111. The number of hydrogen-bond donors (Lipinski definition) is 9. The van der Waals surface area contributed by atoms with E-state index in [9.17, 15) is 43.8 Å². The second-order valence-electron chi connectivity index (χ2n) is 8.13. The zero-order valence-corrected chi connectivity index (χ0v) is 19.8. The summed E-state index contributed by atoms with van der Waals surface area (Å²) in [6, 6.07) is -1.26. The van der Waals surface area contributed by atoms with Gasteiger partial charge >= 0.3 is 23.9 Å². The van der Waals surface area contributed by atoms with Crippen LogP contribution >= 0.6 is 0 Å². The summed E-state index contributed by atoms with van der Waals surface area (Å²) in [4.78, 5) is 82.3. The summed E-state index contributed by atoms with van der Waals surface area (Å²) in [7, 11) is 0. The van der Waals surface area contributed by atoms with E-state index in [0.29, 0.717) is 5.56 Å². The van der Waals surface area contributed by atoms with Gasteiger partial charge in [-0.15, -0.1) is 0 Å². The van der Waals surface area contributed by atoms with Crippen LogP contribution in [0.25, 0.3) is 0 Å². The third-order valence-corrected chi connectivity index (χ3v) is 5.01. The van der Waals surface area contributed by atoms with Crippen molar-refractivity contribution in [1.29, 1.82) is 0 Å². The van der Waals surface area contributed by atoms with Gasteiger partial charge in [-0.1, -0.05) is 12.1 Å². The molecule has 0 aliphatic rings. The Morgan fingerprint density at radius 1 is 0.684 bits per heavy atom. The Labute approximate surface area is 214 Å². The van der Waals surface area contributed by atoms with E-state index in [-0.39, 0.29) is 12.2 Å². The zero-order valence-electron chi connectivity index (χ0n) is 19.8. The fourth-order valence-electron chi connectivity index (χ4n) is 3.09. The van der Waals surface area contributed by atoms with Gasteiger partial charge in [0.25, 0.3) is 0 Å². The van der Waals surface area contributed by atoms with Gasteiger partial charge in [-0.05, 0) is 24.1 Å². The number of benzene rings is 1. The lowest BCUT2D eigenvalue weighted by molar-refractivity contribution is -0.144. The highest BCUT2D eigenvalue weighted by Crippen LogP contribution is 2.12. The first-order valence-corrected chi connectivity index (χ1v) is 11.0. The highest BCUT2D eigenvalue weighted by atomic mass is 16.4.